The SMILES string of the molecule is O=C(O)c1ccc(CCCN2C(=O)CCCN2CCC(O)Cc2cccc(C(F)(F)F)c2)cc1. The zero-order chi connectivity index (χ0) is 24.7. The lowest BCUT2D eigenvalue weighted by molar-refractivity contribution is -0.156. The highest BCUT2D eigenvalue weighted by atomic mass is 19.4. The number of hydrogen-bond acceptors (Lipinski definition) is 4. The van der Waals surface area contributed by atoms with Gasteiger partial charge in [-0.05, 0) is 61.4 Å². The van der Waals surface area contributed by atoms with Gasteiger partial charge in [-0.25, -0.2) is 9.80 Å². The van der Waals surface area contributed by atoms with Crippen molar-refractivity contribution in [1.82, 2.24) is 10.0 Å². The highest BCUT2D eigenvalue weighted by Gasteiger charge is 2.30. The van der Waals surface area contributed by atoms with Crippen molar-refractivity contribution in [2.45, 2.75) is 50.8 Å². The molecule has 1 saturated heterocycles. The summed E-state index contributed by atoms with van der Waals surface area (Å²) in [5, 5.41) is 23.0. The summed E-state index contributed by atoms with van der Waals surface area (Å²) >= 11 is 0. The van der Waals surface area contributed by atoms with E-state index in [9.17, 15) is 27.9 Å². The first kappa shape index (κ1) is 25.7. The van der Waals surface area contributed by atoms with Gasteiger partial charge in [-0.1, -0.05) is 30.3 Å². The quantitative estimate of drug-likeness (QED) is 0.536. The molecule has 1 fully saturated rings. The molecule has 184 valence electrons. The monoisotopic (exact) mass is 478 g/mol. The first-order chi connectivity index (χ1) is 16.1. The lowest BCUT2D eigenvalue weighted by Gasteiger charge is -2.39. The molecule has 2 aromatic rings. The Morgan fingerprint density at radius 2 is 1.79 bits per heavy atom. The number of aryl methyl sites for hydroxylation is 1. The van der Waals surface area contributed by atoms with Crippen LogP contribution < -0.4 is 0 Å². The van der Waals surface area contributed by atoms with Gasteiger partial charge in [0, 0.05) is 26.1 Å². The van der Waals surface area contributed by atoms with Gasteiger partial charge in [0.05, 0.1) is 17.2 Å². The number of carboxylic acids is 1. The van der Waals surface area contributed by atoms with Crippen molar-refractivity contribution in [2.75, 3.05) is 19.6 Å². The summed E-state index contributed by atoms with van der Waals surface area (Å²) in [6.45, 7) is 1.61. The summed E-state index contributed by atoms with van der Waals surface area (Å²) in [5.74, 6) is -0.962. The fourth-order valence-electron chi connectivity index (χ4n) is 4.11. The van der Waals surface area contributed by atoms with E-state index in [1.807, 2.05) is 5.01 Å². The van der Waals surface area contributed by atoms with Gasteiger partial charge in [-0.15, -0.1) is 0 Å². The molecule has 34 heavy (non-hydrogen) atoms. The maximum Gasteiger partial charge on any atom is 0.416 e. The maximum atomic E-state index is 12.9. The number of benzene rings is 2. The van der Waals surface area contributed by atoms with Crippen molar-refractivity contribution in [1.29, 1.82) is 0 Å². The summed E-state index contributed by atoms with van der Waals surface area (Å²) in [6, 6.07) is 11.6. The molecule has 3 rings (SSSR count). The molecule has 1 atom stereocenters. The average molecular weight is 479 g/mol. The van der Waals surface area contributed by atoms with Crippen LogP contribution in [0.2, 0.25) is 0 Å². The molecule has 0 aromatic heterocycles. The minimum Gasteiger partial charge on any atom is -0.478 e. The highest BCUT2D eigenvalue weighted by Crippen LogP contribution is 2.30. The number of halogens is 3. The Bertz CT molecular complexity index is 979. The van der Waals surface area contributed by atoms with Crippen LogP contribution >= 0.6 is 0 Å². The zero-order valence-electron chi connectivity index (χ0n) is 18.8. The maximum absolute atomic E-state index is 12.9. The van der Waals surface area contributed by atoms with Crippen molar-refractivity contribution in [3.8, 4) is 0 Å². The second-order valence-electron chi connectivity index (χ2n) is 8.52. The minimum atomic E-state index is -4.42. The third kappa shape index (κ3) is 7.30. The van der Waals surface area contributed by atoms with Gasteiger partial charge in [0.1, 0.15) is 0 Å². The van der Waals surface area contributed by atoms with E-state index in [0.717, 1.165) is 24.1 Å². The molecule has 0 aliphatic carbocycles. The Kier molecular flexibility index (Phi) is 8.68. The van der Waals surface area contributed by atoms with E-state index in [2.05, 4.69) is 0 Å². The van der Waals surface area contributed by atoms with Crippen LogP contribution in [-0.2, 0) is 23.8 Å². The zero-order valence-corrected chi connectivity index (χ0v) is 18.8. The van der Waals surface area contributed by atoms with Gasteiger partial charge in [-0.3, -0.25) is 9.80 Å². The van der Waals surface area contributed by atoms with Crippen molar-refractivity contribution < 1.29 is 33.0 Å². The number of alkyl halides is 3. The van der Waals surface area contributed by atoms with Crippen LogP contribution in [0.1, 0.15) is 52.7 Å². The van der Waals surface area contributed by atoms with Crippen LogP contribution in [-0.4, -0.2) is 57.8 Å². The Hall–Kier alpha value is -2.91. The highest BCUT2D eigenvalue weighted by molar-refractivity contribution is 5.87. The molecule has 9 heteroatoms. The number of rotatable bonds is 10. The van der Waals surface area contributed by atoms with Gasteiger partial charge in [0.15, 0.2) is 0 Å². The van der Waals surface area contributed by atoms with Crippen LogP contribution in [0.3, 0.4) is 0 Å². The smallest absolute Gasteiger partial charge is 0.416 e. The second-order valence-corrected chi connectivity index (χ2v) is 8.52. The lowest BCUT2D eigenvalue weighted by Crippen LogP contribution is -2.51. The van der Waals surface area contributed by atoms with E-state index in [-0.39, 0.29) is 17.9 Å². The van der Waals surface area contributed by atoms with E-state index >= 15 is 0 Å². The Labute approximate surface area is 196 Å². The van der Waals surface area contributed by atoms with Gasteiger partial charge in [-0.2, -0.15) is 13.2 Å². The fraction of sp³-hybridized carbons (Fsp3) is 0.440. The number of carboxylic acid groups (broad SMARTS) is 1. The first-order valence-corrected chi connectivity index (χ1v) is 11.3. The first-order valence-electron chi connectivity index (χ1n) is 11.3. The summed E-state index contributed by atoms with van der Waals surface area (Å²) in [6.07, 6.45) is -2.25. The molecule has 1 heterocycles. The third-order valence-corrected chi connectivity index (χ3v) is 5.92. The molecule has 0 spiro atoms. The van der Waals surface area contributed by atoms with Crippen LogP contribution in [0.5, 0.6) is 0 Å². The van der Waals surface area contributed by atoms with Gasteiger partial charge < -0.3 is 10.2 Å². The number of aliphatic hydroxyl groups excluding tert-OH is 1. The molecule has 1 aliphatic rings. The second kappa shape index (κ2) is 11.5. The van der Waals surface area contributed by atoms with Gasteiger partial charge in [0.25, 0.3) is 0 Å². The van der Waals surface area contributed by atoms with Crippen LogP contribution in [0, 0.1) is 0 Å². The number of hydrogen-bond donors (Lipinski definition) is 2. The normalized spacial score (nSPS) is 16.0. The molecule has 6 nitrogen and oxygen atoms in total. The fourth-order valence-corrected chi connectivity index (χ4v) is 4.11. The lowest BCUT2D eigenvalue weighted by atomic mass is 10.0. The summed E-state index contributed by atoms with van der Waals surface area (Å²) in [7, 11) is 0. The van der Waals surface area contributed by atoms with Gasteiger partial charge in [0.2, 0.25) is 5.91 Å². The van der Waals surface area contributed by atoms with Crippen molar-refractivity contribution >= 4 is 11.9 Å². The largest absolute Gasteiger partial charge is 0.478 e. The van der Waals surface area contributed by atoms with E-state index < -0.39 is 23.8 Å². The topological polar surface area (TPSA) is 81.1 Å². The summed E-state index contributed by atoms with van der Waals surface area (Å²) in [4.78, 5) is 23.4. The number of hydrazine groups is 1. The standard InChI is InChI=1S/C25H29F3N2O4/c26-25(27,28)21-6-1-4-19(16-21)17-22(31)12-15-29-13-3-7-23(32)30(29)14-2-5-18-8-10-20(11-9-18)24(33)34/h1,4,6,8-11,16,22,31H,2-3,5,7,12-15,17H2,(H,33,34). The molecule has 0 radical (unpaired) electrons. The van der Waals surface area contributed by atoms with E-state index in [1.54, 1.807) is 35.3 Å². The number of carbonyl (C=O) groups excluding carboxylic acids is 1. The third-order valence-electron chi connectivity index (χ3n) is 5.92. The van der Waals surface area contributed by atoms with Crippen molar-refractivity contribution in [3.05, 3.63) is 70.8 Å². The van der Waals surface area contributed by atoms with E-state index in [0.29, 0.717) is 50.9 Å². The van der Waals surface area contributed by atoms with Crippen LogP contribution in [0.4, 0.5) is 13.2 Å². The van der Waals surface area contributed by atoms with Crippen molar-refractivity contribution in [2.24, 2.45) is 0 Å². The Morgan fingerprint density at radius 1 is 1.06 bits per heavy atom. The number of aliphatic hydroxyl groups is 1. The molecule has 0 bridgehead atoms. The molecule has 2 N–H and O–H groups in total. The Balaban J connectivity index is 1.50. The summed E-state index contributed by atoms with van der Waals surface area (Å²) in [5.41, 5.74) is 0.896. The molecule has 1 unspecified atom stereocenters. The molecule has 2 aromatic carbocycles. The number of nitrogens with zero attached hydrogens (tertiary/aromatic N) is 2. The molecular formula is C25H29F3N2O4. The Morgan fingerprint density at radius 3 is 2.47 bits per heavy atom. The molecular weight excluding hydrogens is 449 g/mol. The van der Waals surface area contributed by atoms with Crippen LogP contribution in [0.25, 0.3) is 0 Å². The predicted octanol–water partition coefficient (Wildman–Crippen LogP) is 4.17. The number of carbonyl (C=O) groups is 2. The van der Waals surface area contributed by atoms with Crippen molar-refractivity contribution in [3.63, 3.8) is 0 Å². The molecule has 1 amide bonds. The summed E-state index contributed by atoms with van der Waals surface area (Å²) < 4.78 is 38.7. The average Bonchev–Trinajstić information content (AvgIpc) is 2.79. The minimum absolute atomic E-state index is 0.0137. The van der Waals surface area contributed by atoms with E-state index in [4.69, 9.17) is 5.11 Å². The van der Waals surface area contributed by atoms with Gasteiger partial charge >= 0.3 is 12.1 Å². The van der Waals surface area contributed by atoms with Crippen LogP contribution in [0.15, 0.2) is 48.5 Å². The number of amides is 1. The predicted molar refractivity (Wildman–Crippen MR) is 120 cm³/mol. The molecule has 0 saturated carbocycles. The molecule has 1 aliphatic heterocycles. The number of aromatic carboxylic acids is 1. The van der Waals surface area contributed by atoms with E-state index in [1.165, 1.54) is 6.07 Å².